The van der Waals surface area contributed by atoms with Gasteiger partial charge in [-0.25, -0.2) is 9.18 Å². The summed E-state index contributed by atoms with van der Waals surface area (Å²) in [5.41, 5.74) is 5.34. The normalized spacial score (nSPS) is 10.0. The van der Waals surface area contributed by atoms with Gasteiger partial charge in [0.15, 0.2) is 0 Å². The molecule has 0 fully saturated rings. The second-order valence-electron chi connectivity index (χ2n) is 2.44. The molecule has 1 rings (SSSR count). The van der Waals surface area contributed by atoms with Gasteiger partial charge in [0.1, 0.15) is 5.82 Å². The van der Waals surface area contributed by atoms with E-state index in [2.05, 4.69) is 20.7 Å². The van der Waals surface area contributed by atoms with Crippen LogP contribution in [-0.4, -0.2) is 13.1 Å². The van der Waals surface area contributed by atoms with Crippen molar-refractivity contribution in [1.29, 1.82) is 0 Å². The molecule has 0 aliphatic heterocycles. The number of carbonyl (C=O) groups excluding carboxylic acids is 1. The quantitative estimate of drug-likeness (QED) is 0.489. The highest BCUT2D eigenvalue weighted by Gasteiger charge is 2.18. The number of rotatable bonds is 1. The standard InChI is InChI=1S/C8H6BrClFNO2/c1-14-8(13)3-2-4(11)5(9)7(12)6(3)10/h2H,12H2,1H3. The summed E-state index contributed by atoms with van der Waals surface area (Å²) >= 11 is 8.62. The number of hydrogen-bond donors (Lipinski definition) is 1. The summed E-state index contributed by atoms with van der Waals surface area (Å²) in [6.07, 6.45) is 0. The van der Waals surface area contributed by atoms with E-state index < -0.39 is 11.8 Å². The van der Waals surface area contributed by atoms with E-state index in [1.807, 2.05) is 0 Å². The minimum atomic E-state index is -0.729. The van der Waals surface area contributed by atoms with Crippen molar-refractivity contribution in [3.05, 3.63) is 26.9 Å². The molecule has 0 unspecified atom stereocenters. The number of nitrogen functional groups attached to an aromatic ring is 1. The van der Waals surface area contributed by atoms with Gasteiger partial charge in [-0.1, -0.05) is 11.6 Å². The van der Waals surface area contributed by atoms with Crippen molar-refractivity contribution in [3.8, 4) is 0 Å². The molecule has 1 aromatic carbocycles. The van der Waals surface area contributed by atoms with Gasteiger partial charge in [-0.2, -0.15) is 0 Å². The van der Waals surface area contributed by atoms with Gasteiger partial charge >= 0.3 is 5.97 Å². The van der Waals surface area contributed by atoms with Crippen LogP contribution in [0, 0.1) is 5.82 Å². The molecule has 2 N–H and O–H groups in total. The summed E-state index contributed by atoms with van der Waals surface area (Å²) in [5.74, 6) is -1.39. The van der Waals surface area contributed by atoms with Crippen LogP contribution in [0.15, 0.2) is 10.5 Å². The Hall–Kier alpha value is -0.810. The van der Waals surface area contributed by atoms with Crippen molar-refractivity contribution in [2.45, 2.75) is 0 Å². The summed E-state index contributed by atoms with van der Waals surface area (Å²) in [4.78, 5) is 11.1. The molecule has 0 saturated heterocycles. The minimum Gasteiger partial charge on any atom is -0.465 e. The molecule has 3 nitrogen and oxygen atoms in total. The maximum atomic E-state index is 13.1. The van der Waals surface area contributed by atoms with E-state index in [9.17, 15) is 9.18 Å². The number of methoxy groups -OCH3 is 1. The molecule has 6 heteroatoms. The highest BCUT2D eigenvalue weighted by molar-refractivity contribution is 9.10. The summed E-state index contributed by atoms with van der Waals surface area (Å²) in [5, 5.41) is -0.0230. The molecule has 0 radical (unpaired) electrons. The predicted octanol–water partition coefficient (Wildman–Crippen LogP) is 2.61. The first-order valence-corrected chi connectivity index (χ1v) is 4.67. The number of anilines is 1. The van der Waals surface area contributed by atoms with Gasteiger partial charge in [0, 0.05) is 0 Å². The third-order valence-electron chi connectivity index (χ3n) is 1.60. The van der Waals surface area contributed by atoms with Gasteiger partial charge in [-0.15, -0.1) is 0 Å². The highest BCUT2D eigenvalue weighted by atomic mass is 79.9. The first-order valence-electron chi connectivity index (χ1n) is 3.50. The lowest BCUT2D eigenvalue weighted by Gasteiger charge is -2.07. The van der Waals surface area contributed by atoms with E-state index in [4.69, 9.17) is 17.3 Å². The fraction of sp³-hybridized carbons (Fsp3) is 0.125. The highest BCUT2D eigenvalue weighted by Crippen LogP contribution is 2.33. The number of carbonyl (C=O) groups is 1. The van der Waals surface area contributed by atoms with Crippen molar-refractivity contribution in [1.82, 2.24) is 0 Å². The summed E-state index contributed by atoms with van der Waals surface area (Å²) in [7, 11) is 1.18. The molecule has 0 aliphatic carbocycles. The molecule has 0 bridgehead atoms. The molecule has 14 heavy (non-hydrogen) atoms. The smallest absolute Gasteiger partial charge is 0.339 e. The minimum absolute atomic E-state index is 0.0212. The Morgan fingerprint density at radius 1 is 1.71 bits per heavy atom. The van der Waals surface area contributed by atoms with Crippen LogP contribution in [0.5, 0.6) is 0 Å². The average molecular weight is 282 g/mol. The number of hydrogen-bond acceptors (Lipinski definition) is 3. The Bertz CT molecular complexity index is 397. The van der Waals surface area contributed by atoms with E-state index in [-0.39, 0.29) is 20.7 Å². The van der Waals surface area contributed by atoms with Gasteiger partial charge in [0.05, 0.1) is 27.9 Å². The van der Waals surface area contributed by atoms with Gasteiger partial charge in [0.25, 0.3) is 0 Å². The van der Waals surface area contributed by atoms with Crippen molar-refractivity contribution in [3.63, 3.8) is 0 Å². The van der Waals surface area contributed by atoms with Crippen LogP contribution in [0.4, 0.5) is 10.1 Å². The lowest BCUT2D eigenvalue weighted by Crippen LogP contribution is -2.05. The first kappa shape index (κ1) is 11.3. The van der Waals surface area contributed by atoms with E-state index >= 15 is 0 Å². The number of benzene rings is 1. The van der Waals surface area contributed by atoms with Gasteiger partial charge in [0.2, 0.25) is 0 Å². The molecular formula is C8H6BrClFNO2. The molecule has 0 spiro atoms. The first-order chi connectivity index (χ1) is 6.49. The SMILES string of the molecule is COC(=O)c1cc(F)c(Br)c(N)c1Cl. The number of esters is 1. The third kappa shape index (κ3) is 1.83. The second-order valence-corrected chi connectivity index (χ2v) is 3.61. The summed E-state index contributed by atoms with van der Waals surface area (Å²) in [6.45, 7) is 0. The van der Waals surface area contributed by atoms with Crippen LogP contribution in [0.25, 0.3) is 0 Å². The fourth-order valence-electron chi connectivity index (χ4n) is 0.882. The van der Waals surface area contributed by atoms with E-state index in [1.165, 1.54) is 7.11 Å². The lowest BCUT2D eigenvalue weighted by atomic mass is 10.2. The Balaban J connectivity index is 3.40. The number of ether oxygens (including phenoxy) is 1. The van der Waals surface area contributed by atoms with Crippen LogP contribution in [-0.2, 0) is 4.74 Å². The third-order valence-corrected chi connectivity index (χ3v) is 2.81. The predicted molar refractivity (Wildman–Crippen MR) is 54.9 cm³/mol. The Morgan fingerprint density at radius 2 is 2.29 bits per heavy atom. The van der Waals surface area contributed by atoms with Crippen LogP contribution >= 0.6 is 27.5 Å². The zero-order valence-corrected chi connectivity index (χ0v) is 9.45. The molecule has 76 valence electrons. The van der Waals surface area contributed by atoms with Gasteiger partial charge in [-0.3, -0.25) is 0 Å². The molecule has 0 saturated carbocycles. The zero-order valence-electron chi connectivity index (χ0n) is 7.11. The Morgan fingerprint density at radius 3 is 2.79 bits per heavy atom. The van der Waals surface area contributed by atoms with Gasteiger partial charge < -0.3 is 10.5 Å². The number of nitrogens with two attached hydrogens (primary N) is 1. The van der Waals surface area contributed by atoms with Crippen molar-refractivity contribution >= 4 is 39.2 Å². The molecule has 0 aliphatic rings. The topological polar surface area (TPSA) is 52.3 Å². The Labute approximate surface area is 93.1 Å². The molecular weight excluding hydrogens is 276 g/mol. The maximum absolute atomic E-state index is 13.1. The van der Waals surface area contributed by atoms with Crippen molar-refractivity contribution in [2.24, 2.45) is 0 Å². The number of halogens is 3. The fourth-order valence-corrected chi connectivity index (χ4v) is 1.54. The second kappa shape index (κ2) is 4.14. The van der Waals surface area contributed by atoms with Crippen LogP contribution < -0.4 is 5.73 Å². The van der Waals surface area contributed by atoms with Crippen molar-refractivity contribution in [2.75, 3.05) is 12.8 Å². The zero-order chi connectivity index (χ0) is 10.9. The average Bonchev–Trinajstić information content (AvgIpc) is 2.19. The maximum Gasteiger partial charge on any atom is 0.339 e. The van der Waals surface area contributed by atoms with E-state index in [0.29, 0.717) is 0 Å². The van der Waals surface area contributed by atoms with E-state index in [1.54, 1.807) is 0 Å². The van der Waals surface area contributed by atoms with Crippen molar-refractivity contribution < 1.29 is 13.9 Å². The molecule has 0 atom stereocenters. The largest absolute Gasteiger partial charge is 0.465 e. The molecule has 0 heterocycles. The monoisotopic (exact) mass is 281 g/mol. The Kier molecular flexibility index (Phi) is 3.34. The summed E-state index contributed by atoms with van der Waals surface area (Å²) in [6, 6.07) is 0.967. The molecule has 0 amide bonds. The summed E-state index contributed by atoms with van der Waals surface area (Å²) < 4.78 is 17.6. The van der Waals surface area contributed by atoms with Crippen LogP contribution in [0.1, 0.15) is 10.4 Å². The molecule has 0 aromatic heterocycles. The molecule has 1 aromatic rings. The lowest BCUT2D eigenvalue weighted by molar-refractivity contribution is 0.0600. The van der Waals surface area contributed by atoms with Crippen LogP contribution in [0.2, 0.25) is 5.02 Å². The van der Waals surface area contributed by atoms with E-state index in [0.717, 1.165) is 6.07 Å². The van der Waals surface area contributed by atoms with Crippen LogP contribution in [0.3, 0.4) is 0 Å². The van der Waals surface area contributed by atoms with Gasteiger partial charge in [-0.05, 0) is 22.0 Å².